The van der Waals surface area contributed by atoms with Gasteiger partial charge in [0, 0.05) is 67.3 Å². The molecule has 12 nitrogen and oxygen atoms in total. The fourth-order valence-electron chi connectivity index (χ4n) is 14.0. The Morgan fingerprint density at radius 2 is 0.436 bits per heavy atom. The van der Waals surface area contributed by atoms with Gasteiger partial charge in [-0.3, -0.25) is 0 Å². The monoisotopic (exact) mass is 1440 g/mol. The average molecular weight is 1440 g/mol. The van der Waals surface area contributed by atoms with Crippen LogP contribution in [0, 0.1) is 0 Å². The molecule has 0 saturated carbocycles. The summed E-state index contributed by atoms with van der Waals surface area (Å²) in [5.74, 6) is 5.10. The molecule has 14 aromatic carbocycles. The summed E-state index contributed by atoms with van der Waals surface area (Å²) in [6.45, 7) is 8.36. The van der Waals surface area contributed by atoms with E-state index in [1.807, 2.05) is 218 Å². The molecule has 1 fully saturated rings. The van der Waals surface area contributed by atoms with Crippen LogP contribution in [0.2, 0.25) is 5.15 Å². The van der Waals surface area contributed by atoms with E-state index in [2.05, 4.69) is 165 Å². The lowest BCUT2D eigenvalue weighted by atomic mass is 9.72. The Morgan fingerprint density at radius 1 is 0.218 bits per heavy atom. The fourth-order valence-corrected chi connectivity index (χ4v) is 14.2. The third-order valence-electron chi connectivity index (χ3n) is 20.1. The highest BCUT2D eigenvalue weighted by atomic mass is 35.5. The van der Waals surface area contributed by atoms with Crippen molar-refractivity contribution in [2.24, 2.45) is 0 Å². The summed E-state index contributed by atoms with van der Waals surface area (Å²) in [5, 5.41) is 8.83. The molecule has 526 valence electrons. The minimum Gasteiger partial charge on any atom is -0.399 e. The van der Waals surface area contributed by atoms with E-state index in [1.54, 1.807) is 6.07 Å². The second kappa shape index (κ2) is 30.4. The van der Waals surface area contributed by atoms with Gasteiger partial charge in [-0.15, -0.1) is 0 Å². The van der Waals surface area contributed by atoms with Crippen LogP contribution >= 0.6 is 11.6 Å². The van der Waals surface area contributed by atoms with E-state index in [1.165, 1.54) is 0 Å². The van der Waals surface area contributed by atoms with Crippen LogP contribution < -0.4 is 5.46 Å². The van der Waals surface area contributed by atoms with Gasteiger partial charge in [0.25, 0.3) is 0 Å². The molecule has 0 unspecified atom stereocenters. The number of halogens is 1. The van der Waals surface area contributed by atoms with Crippen molar-refractivity contribution in [2.45, 2.75) is 38.9 Å². The van der Waals surface area contributed by atoms with Crippen LogP contribution in [-0.2, 0) is 9.31 Å². The number of nitrogens with zero attached hydrogens (tertiary/aromatic N) is 10. The summed E-state index contributed by atoms with van der Waals surface area (Å²) in [6, 6.07) is 118. The average Bonchev–Trinajstić information content (AvgIpc) is 1.15. The summed E-state index contributed by atoms with van der Waals surface area (Å²) < 4.78 is 13.2. The fraction of sp³-hybridized carbons (Fsp3) is 0.0625. The zero-order chi connectivity index (χ0) is 74.6. The first-order valence-corrected chi connectivity index (χ1v) is 37.0. The zero-order valence-electron chi connectivity index (χ0n) is 60.7. The Morgan fingerprint density at radius 3 is 0.745 bits per heavy atom. The Hall–Kier alpha value is -13.4. The molecule has 0 bridgehead atoms. The first kappa shape index (κ1) is 69.6. The SMILES string of the molecule is CC1(C)OB(c2c3ccccc3c(-c3nc(-c4ccccc4)nc(-c4ccccc4)n3)c3ccccc23)OC1(C)C.Clc1cc(-c2ccccc2)nc(-c2ccccc2)n1.c1ccc(-c2cc(-c3c4ccccc4c(-c4nc(-c5ccccc5)nc(-c5ccccc5)n4)c4ccccc34)nc(-c3ccccc3)n2)cc1. The van der Waals surface area contributed by atoms with Crippen LogP contribution in [0.5, 0.6) is 0 Å². The zero-order valence-corrected chi connectivity index (χ0v) is 61.5. The lowest BCUT2D eigenvalue weighted by molar-refractivity contribution is 0.00578. The van der Waals surface area contributed by atoms with Crippen LogP contribution in [0.4, 0.5) is 0 Å². The Kier molecular flexibility index (Phi) is 19.3. The number of aromatic nitrogens is 10. The molecule has 0 atom stereocenters. The predicted molar refractivity (Wildman–Crippen MR) is 448 cm³/mol. The van der Waals surface area contributed by atoms with E-state index in [-0.39, 0.29) is 0 Å². The van der Waals surface area contributed by atoms with Gasteiger partial charge < -0.3 is 9.31 Å². The summed E-state index contributed by atoms with van der Waals surface area (Å²) in [7, 11) is -0.512. The molecule has 1 aliphatic rings. The van der Waals surface area contributed by atoms with Crippen LogP contribution in [0.1, 0.15) is 27.7 Å². The second-order valence-electron chi connectivity index (χ2n) is 27.7. The molecule has 1 saturated heterocycles. The lowest BCUT2D eigenvalue weighted by Gasteiger charge is -2.32. The highest BCUT2D eigenvalue weighted by molar-refractivity contribution is 6.69. The van der Waals surface area contributed by atoms with Crippen molar-refractivity contribution >= 4 is 67.3 Å². The van der Waals surface area contributed by atoms with Crippen molar-refractivity contribution < 1.29 is 9.31 Å². The van der Waals surface area contributed by atoms with Gasteiger partial charge in [0.2, 0.25) is 0 Å². The Balaban J connectivity index is 0.000000132. The molecule has 110 heavy (non-hydrogen) atoms. The maximum absolute atomic E-state index is 6.60. The van der Waals surface area contributed by atoms with E-state index in [4.69, 9.17) is 60.8 Å². The molecule has 0 N–H and O–H groups in total. The second-order valence-corrected chi connectivity index (χ2v) is 28.1. The molecular weight excluding hydrogens is 1370 g/mol. The first-order valence-electron chi connectivity index (χ1n) is 36.6. The summed E-state index contributed by atoms with van der Waals surface area (Å²) in [6.07, 6.45) is 0. The van der Waals surface area contributed by atoms with Gasteiger partial charge in [0.15, 0.2) is 46.6 Å². The quantitative estimate of drug-likeness (QED) is 0.0651. The summed E-state index contributed by atoms with van der Waals surface area (Å²) in [5.41, 5.74) is 13.4. The standard InChI is InChI=1S/C45H29N5.C35H30BN3O2.C16H11ClN2/c1-5-17-30(18-6-1)38-29-39(47-42(46-38)31-19-7-2-8-20-31)40-34-25-13-15-27-36(34)41(37-28-16-14-26-35(37)40)45-49-43(32-21-9-3-10-22-32)48-44(50-45)33-23-11-4-12-24-33;1-34(2)35(3,4)41-36(40-34)30-27-21-13-11-19-25(27)29(26-20-12-14-22-28(26)30)33-38-31(23-15-7-5-8-16-23)37-32(39-33)24-17-9-6-10-18-24;17-15-11-14(12-7-3-1-4-8-12)18-16(19-15)13-9-5-2-6-10-13/h1-29H;5-22H,1-4H3;1-11H. The van der Waals surface area contributed by atoms with Crippen molar-refractivity contribution in [1.82, 2.24) is 49.8 Å². The number of rotatable bonds is 12. The summed E-state index contributed by atoms with van der Waals surface area (Å²) >= 11 is 6.10. The van der Waals surface area contributed by atoms with Crippen LogP contribution in [0.3, 0.4) is 0 Å². The highest BCUT2D eigenvalue weighted by Crippen LogP contribution is 2.45. The van der Waals surface area contributed by atoms with Crippen molar-refractivity contribution in [3.63, 3.8) is 0 Å². The van der Waals surface area contributed by atoms with E-state index < -0.39 is 18.3 Å². The van der Waals surface area contributed by atoms with Gasteiger partial charge in [-0.25, -0.2) is 49.8 Å². The summed E-state index contributed by atoms with van der Waals surface area (Å²) in [4.78, 5) is 49.6. The van der Waals surface area contributed by atoms with Gasteiger partial charge in [-0.1, -0.05) is 351 Å². The maximum atomic E-state index is 6.60. The van der Waals surface area contributed by atoms with E-state index in [9.17, 15) is 0 Å². The number of hydrogen-bond donors (Lipinski definition) is 0. The highest BCUT2D eigenvalue weighted by Gasteiger charge is 2.52. The number of benzene rings is 14. The molecule has 0 radical (unpaired) electrons. The van der Waals surface area contributed by atoms with E-state index in [0.717, 1.165) is 127 Å². The van der Waals surface area contributed by atoms with Gasteiger partial charge in [0.1, 0.15) is 5.15 Å². The number of fused-ring (bicyclic) bond motifs is 4. The van der Waals surface area contributed by atoms with Crippen molar-refractivity contribution in [2.75, 3.05) is 0 Å². The van der Waals surface area contributed by atoms with Crippen molar-refractivity contribution in [3.8, 4) is 125 Å². The molecule has 14 heteroatoms. The molecule has 0 amide bonds. The topological polar surface area (TPSA) is 147 Å². The van der Waals surface area contributed by atoms with Gasteiger partial charge in [-0.05, 0) is 82.3 Å². The van der Waals surface area contributed by atoms with Gasteiger partial charge in [-0.2, -0.15) is 0 Å². The van der Waals surface area contributed by atoms with Crippen molar-refractivity contribution in [3.05, 3.63) is 357 Å². The predicted octanol–water partition coefficient (Wildman–Crippen LogP) is 22.9. The molecule has 18 aromatic rings. The number of hydrogen-bond acceptors (Lipinski definition) is 12. The maximum Gasteiger partial charge on any atom is 0.496 e. The molecule has 0 spiro atoms. The molecule has 19 rings (SSSR count). The van der Waals surface area contributed by atoms with Gasteiger partial charge >= 0.3 is 7.12 Å². The minimum atomic E-state index is -0.512. The molecular formula is C96H70BClN10O2. The smallest absolute Gasteiger partial charge is 0.399 e. The van der Waals surface area contributed by atoms with Crippen LogP contribution in [0.15, 0.2) is 352 Å². The first-order chi connectivity index (χ1) is 53.9. The normalized spacial score (nSPS) is 12.8. The van der Waals surface area contributed by atoms with E-state index in [0.29, 0.717) is 51.7 Å². The molecule has 0 aliphatic carbocycles. The van der Waals surface area contributed by atoms with Crippen LogP contribution in [-0.4, -0.2) is 68.2 Å². The molecule has 4 aromatic heterocycles. The van der Waals surface area contributed by atoms with Crippen molar-refractivity contribution in [1.29, 1.82) is 0 Å². The Bertz CT molecular complexity index is 5810. The van der Waals surface area contributed by atoms with Gasteiger partial charge in [0.05, 0.1) is 28.3 Å². The lowest BCUT2D eigenvalue weighted by Crippen LogP contribution is -2.41. The molecule has 5 heterocycles. The van der Waals surface area contributed by atoms with Crippen LogP contribution in [0.25, 0.3) is 168 Å². The third-order valence-corrected chi connectivity index (χ3v) is 20.3. The van der Waals surface area contributed by atoms with E-state index >= 15 is 0 Å². The largest absolute Gasteiger partial charge is 0.496 e. The Labute approximate surface area is 643 Å². The molecule has 1 aliphatic heterocycles. The third kappa shape index (κ3) is 14.2. The minimum absolute atomic E-state index is 0.452.